The Balaban J connectivity index is 1.65. The minimum absolute atomic E-state index is 0.0280. The van der Waals surface area contributed by atoms with Gasteiger partial charge >= 0.3 is 0 Å². The lowest BCUT2D eigenvalue weighted by atomic mass is 10.2. The molecule has 0 spiro atoms. The van der Waals surface area contributed by atoms with Gasteiger partial charge in [-0.15, -0.1) is 0 Å². The molecule has 1 atom stereocenters. The van der Waals surface area contributed by atoms with Crippen LogP contribution in [0.25, 0.3) is 5.78 Å². The van der Waals surface area contributed by atoms with Crippen molar-refractivity contribution in [2.24, 2.45) is 0 Å². The molecule has 2 heterocycles. The molecule has 3 rings (SSSR count). The summed E-state index contributed by atoms with van der Waals surface area (Å²) in [6.07, 6.45) is 0.451. The van der Waals surface area contributed by atoms with E-state index in [9.17, 15) is 14.3 Å². The molecule has 0 radical (unpaired) electrons. The standard InChI is InChI=1S/C16H17FN4O3/c1-11-6-15(23)21-16(18-10-19-21)20(11)7-13(22)9-24-8-12-4-2-3-5-14(12)17/h2-6,10,13,22H,7-9H2,1H3. The second kappa shape index (κ2) is 6.90. The van der Waals surface area contributed by atoms with E-state index in [1.54, 1.807) is 29.7 Å². The second-order valence-corrected chi connectivity index (χ2v) is 5.47. The number of benzene rings is 1. The number of hydrogen-bond acceptors (Lipinski definition) is 5. The number of nitrogens with zero attached hydrogens (tertiary/aromatic N) is 4. The van der Waals surface area contributed by atoms with Crippen LogP contribution in [0.1, 0.15) is 11.3 Å². The summed E-state index contributed by atoms with van der Waals surface area (Å²) in [7, 11) is 0. The van der Waals surface area contributed by atoms with Crippen molar-refractivity contribution in [3.05, 3.63) is 64.1 Å². The Labute approximate surface area is 137 Å². The molecule has 1 aromatic carbocycles. The fourth-order valence-electron chi connectivity index (χ4n) is 2.46. The Morgan fingerprint density at radius 2 is 2.17 bits per heavy atom. The van der Waals surface area contributed by atoms with Crippen molar-refractivity contribution in [3.8, 4) is 0 Å². The van der Waals surface area contributed by atoms with E-state index >= 15 is 0 Å². The zero-order valence-electron chi connectivity index (χ0n) is 13.1. The molecule has 7 nitrogen and oxygen atoms in total. The van der Waals surface area contributed by atoms with Crippen molar-refractivity contribution < 1.29 is 14.2 Å². The fraction of sp³-hybridized carbons (Fsp3) is 0.312. The SMILES string of the molecule is Cc1cc(=O)n2ncnc2n1CC(O)COCc1ccccc1F. The van der Waals surface area contributed by atoms with Crippen LogP contribution >= 0.6 is 0 Å². The molecule has 8 heteroatoms. The molecule has 0 aliphatic heterocycles. The van der Waals surface area contributed by atoms with Crippen molar-refractivity contribution >= 4 is 5.78 Å². The van der Waals surface area contributed by atoms with Gasteiger partial charge in [0.2, 0.25) is 5.78 Å². The van der Waals surface area contributed by atoms with E-state index in [2.05, 4.69) is 10.1 Å². The van der Waals surface area contributed by atoms with Gasteiger partial charge in [-0.25, -0.2) is 4.39 Å². The lowest BCUT2D eigenvalue weighted by Crippen LogP contribution is -2.27. The first-order chi connectivity index (χ1) is 11.6. The highest BCUT2D eigenvalue weighted by atomic mass is 19.1. The number of aryl methyl sites for hydroxylation is 1. The minimum Gasteiger partial charge on any atom is -0.389 e. The van der Waals surface area contributed by atoms with Crippen LogP contribution in [0, 0.1) is 12.7 Å². The number of ether oxygens (including phenoxy) is 1. The number of aromatic nitrogens is 4. The largest absolute Gasteiger partial charge is 0.389 e. The van der Waals surface area contributed by atoms with E-state index in [1.807, 2.05) is 0 Å². The number of hydrogen-bond donors (Lipinski definition) is 1. The molecule has 0 bridgehead atoms. The minimum atomic E-state index is -0.835. The van der Waals surface area contributed by atoms with Crippen LogP contribution in [0.2, 0.25) is 0 Å². The summed E-state index contributed by atoms with van der Waals surface area (Å²) in [5.41, 5.74) is 0.819. The molecule has 2 aromatic heterocycles. The smallest absolute Gasteiger partial charge is 0.275 e. The van der Waals surface area contributed by atoms with Crippen LogP contribution in [0.5, 0.6) is 0 Å². The van der Waals surface area contributed by atoms with Crippen LogP contribution < -0.4 is 5.56 Å². The molecule has 126 valence electrons. The topological polar surface area (TPSA) is 81.7 Å². The highest BCUT2D eigenvalue weighted by Gasteiger charge is 2.13. The number of fused-ring (bicyclic) bond motifs is 1. The first-order valence-electron chi connectivity index (χ1n) is 7.45. The summed E-state index contributed by atoms with van der Waals surface area (Å²) in [5, 5.41) is 14.0. The monoisotopic (exact) mass is 332 g/mol. The van der Waals surface area contributed by atoms with Crippen molar-refractivity contribution in [1.82, 2.24) is 19.2 Å². The van der Waals surface area contributed by atoms with Crippen LogP contribution in [0.15, 0.2) is 41.5 Å². The average molecular weight is 332 g/mol. The summed E-state index contributed by atoms with van der Waals surface area (Å²) < 4.78 is 21.7. The van der Waals surface area contributed by atoms with Gasteiger partial charge in [0.25, 0.3) is 5.56 Å². The van der Waals surface area contributed by atoms with Gasteiger partial charge in [-0.2, -0.15) is 14.6 Å². The molecule has 1 unspecified atom stereocenters. The molecular weight excluding hydrogens is 315 g/mol. The Morgan fingerprint density at radius 3 is 2.96 bits per heavy atom. The summed E-state index contributed by atoms with van der Waals surface area (Å²) in [6, 6.07) is 7.75. The third-order valence-corrected chi connectivity index (χ3v) is 3.66. The third-order valence-electron chi connectivity index (χ3n) is 3.66. The maximum Gasteiger partial charge on any atom is 0.275 e. The number of halogens is 1. The summed E-state index contributed by atoms with van der Waals surface area (Å²) in [6.45, 7) is 2.04. The lowest BCUT2D eigenvalue weighted by molar-refractivity contribution is 0.0195. The predicted molar refractivity (Wildman–Crippen MR) is 84.0 cm³/mol. The van der Waals surface area contributed by atoms with Crippen LogP contribution in [-0.4, -0.2) is 37.0 Å². The zero-order chi connectivity index (χ0) is 17.1. The van der Waals surface area contributed by atoms with Gasteiger partial charge < -0.3 is 14.4 Å². The van der Waals surface area contributed by atoms with Crippen molar-refractivity contribution in [2.45, 2.75) is 26.2 Å². The molecule has 0 amide bonds. The summed E-state index contributed by atoms with van der Waals surface area (Å²) in [4.78, 5) is 15.8. The first kappa shape index (κ1) is 16.3. The molecule has 24 heavy (non-hydrogen) atoms. The van der Waals surface area contributed by atoms with E-state index < -0.39 is 6.10 Å². The van der Waals surface area contributed by atoms with Gasteiger partial charge in [-0.1, -0.05) is 18.2 Å². The van der Waals surface area contributed by atoms with E-state index in [1.165, 1.54) is 23.0 Å². The Hall–Kier alpha value is -2.58. The maximum atomic E-state index is 13.5. The molecule has 0 aliphatic rings. The molecule has 0 saturated carbocycles. The molecule has 0 fully saturated rings. The van der Waals surface area contributed by atoms with Crippen molar-refractivity contribution in [1.29, 1.82) is 0 Å². The van der Waals surface area contributed by atoms with Gasteiger partial charge in [0.1, 0.15) is 12.1 Å². The quantitative estimate of drug-likeness (QED) is 0.726. The zero-order valence-corrected chi connectivity index (χ0v) is 13.1. The van der Waals surface area contributed by atoms with Crippen molar-refractivity contribution in [3.63, 3.8) is 0 Å². The van der Waals surface area contributed by atoms with Gasteiger partial charge in [0.15, 0.2) is 0 Å². The Kier molecular flexibility index (Phi) is 4.68. The normalized spacial score (nSPS) is 12.6. The van der Waals surface area contributed by atoms with E-state index in [0.717, 1.165) is 0 Å². The highest BCUT2D eigenvalue weighted by molar-refractivity contribution is 5.29. The van der Waals surface area contributed by atoms with Gasteiger partial charge in [0.05, 0.1) is 25.9 Å². The van der Waals surface area contributed by atoms with Gasteiger partial charge in [0, 0.05) is 17.3 Å². The van der Waals surface area contributed by atoms with Crippen molar-refractivity contribution in [2.75, 3.05) is 6.61 Å². The Bertz CT molecular complexity index is 906. The molecule has 3 aromatic rings. The predicted octanol–water partition coefficient (Wildman–Crippen LogP) is 0.916. The fourth-order valence-corrected chi connectivity index (χ4v) is 2.46. The second-order valence-electron chi connectivity index (χ2n) is 5.47. The number of rotatable bonds is 6. The lowest BCUT2D eigenvalue weighted by Gasteiger charge is -2.16. The maximum absolute atomic E-state index is 13.5. The molecule has 0 aliphatic carbocycles. The van der Waals surface area contributed by atoms with E-state index in [-0.39, 0.29) is 31.1 Å². The van der Waals surface area contributed by atoms with Crippen LogP contribution in [0.4, 0.5) is 4.39 Å². The Morgan fingerprint density at radius 1 is 1.38 bits per heavy atom. The average Bonchev–Trinajstić information content (AvgIpc) is 3.03. The van der Waals surface area contributed by atoms with Gasteiger partial charge in [-0.05, 0) is 13.0 Å². The summed E-state index contributed by atoms with van der Waals surface area (Å²) in [5.74, 6) is 0.0153. The van der Waals surface area contributed by atoms with Gasteiger partial charge in [-0.3, -0.25) is 4.79 Å². The molecule has 1 N–H and O–H groups in total. The molecular formula is C16H17FN4O3. The van der Waals surface area contributed by atoms with Crippen LogP contribution in [0.3, 0.4) is 0 Å². The van der Waals surface area contributed by atoms with E-state index in [4.69, 9.17) is 4.74 Å². The van der Waals surface area contributed by atoms with Crippen LogP contribution in [-0.2, 0) is 17.9 Å². The number of aliphatic hydroxyl groups excluding tert-OH is 1. The number of aliphatic hydroxyl groups is 1. The highest BCUT2D eigenvalue weighted by Crippen LogP contribution is 2.09. The summed E-state index contributed by atoms with van der Waals surface area (Å²) >= 11 is 0. The first-order valence-corrected chi connectivity index (χ1v) is 7.45. The van der Waals surface area contributed by atoms with E-state index in [0.29, 0.717) is 17.0 Å². The third kappa shape index (κ3) is 3.34. The molecule has 0 saturated heterocycles.